The summed E-state index contributed by atoms with van der Waals surface area (Å²) in [7, 11) is 0. The molecule has 1 amide bonds. The summed E-state index contributed by atoms with van der Waals surface area (Å²) in [5.41, 5.74) is 0. The van der Waals surface area contributed by atoms with Crippen molar-refractivity contribution in [1.82, 2.24) is 5.32 Å². The molecule has 0 bridgehead atoms. The van der Waals surface area contributed by atoms with E-state index in [9.17, 15) is 45.6 Å². The Bertz CT molecular complexity index is 1390. The van der Waals surface area contributed by atoms with Gasteiger partial charge in [0.1, 0.15) is 48.8 Å². The van der Waals surface area contributed by atoms with Crippen LogP contribution in [-0.2, 0) is 23.7 Å². The van der Waals surface area contributed by atoms with Gasteiger partial charge in [0.05, 0.1) is 32.0 Å². The fourth-order valence-electron chi connectivity index (χ4n) is 9.40. The number of allylic oxidation sites excluding steroid dienone is 8. The quantitative estimate of drug-likeness (QED) is 0.0205. The summed E-state index contributed by atoms with van der Waals surface area (Å²) in [6.07, 6.45) is 37.4. The van der Waals surface area contributed by atoms with E-state index in [1.54, 1.807) is 0 Å². The van der Waals surface area contributed by atoms with Crippen LogP contribution < -0.4 is 5.32 Å². The van der Waals surface area contributed by atoms with Gasteiger partial charge in [-0.2, -0.15) is 0 Å². The van der Waals surface area contributed by atoms with Gasteiger partial charge in [-0.05, 0) is 51.4 Å². The molecule has 420 valence electrons. The highest BCUT2D eigenvalue weighted by molar-refractivity contribution is 5.76. The maximum Gasteiger partial charge on any atom is 0.220 e. The molecule has 0 spiro atoms. The van der Waals surface area contributed by atoms with Gasteiger partial charge in [0, 0.05) is 6.42 Å². The molecular formula is C58H105NO13. The van der Waals surface area contributed by atoms with Gasteiger partial charge in [0.25, 0.3) is 0 Å². The Labute approximate surface area is 435 Å². The van der Waals surface area contributed by atoms with Crippen LogP contribution in [0.1, 0.15) is 219 Å². The number of nitrogens with one attached hydrogen (secondary N) is 1. The van der Waals surface area contributed by atoms with E-state index in [0.717, 1.165) is 77.0 Å². The lowest BCUT2D eigenvalue weighted by molar-refractivity contribution is -0.359. The number of rotatable bonds is 45. The molecule has 2 heterocycles. The molecule has 2 aliphatic rings. The number of carbonyl (C=O) groups excluding carboxylic acids is 1. The minimum Gasteiger partial charge on any atom is -0.394 e. The average Bonchev–Trinajstić information content (AvgIpc) is 3.38. The van der Waals surface area contributed by atoms with Gasteiger partial charge in [-0.3, -0.25) is 4.79 Å². The van der Waals surface area contributed by atoms with Crippen molar-refractivity contribution < 1.29 is 64.6 Å². The number of amides is 1. The first kappa shape index (κ1) is 66.1. The molecule has 12 atom stereocenters. The Kier molecular flexibility index (Phi) is 40.5. The molecule has 9 N–H and O–H groups in total. The van der Waals surface area contributed by atoms with Crippen LogP contribution in [0, 0.1) is 0 Å². The van der Waals surface area contributed by atoms with E-state index in [2.05, 4.69) is 67.8 Å². The maximum atomic E-state index is 13.2. The van der Waals surface area contributed by atoms with E-state index in [4.69, 9.17) is 18.9 Å². The van der Waals surface area contributed by atoms with Crippen LogP contribution in [-0.4, -0.2) is 140 Å². The number of aliphatic hydroxyl groups excluding tert-OH is 8. The van der Waals surface area contributed by atoms with Gasteiger partial charge < -0.3 is 65.1 Å². The Morgan fingerprint density at radius 1 is 0.514 bits per heavy atom. The van der Waals surface area contributed by atoms with Crippen molar-refractivity contribution in [2.75, 3.05) is 19.8 Å². The van der Waals surface area contributed by atoms with E-state index in [1.807, 2.05) is 0 Å². The van der Waals surface area contributed by atoms with Crippen LogP contribution in [0.2, 0.25) is 0 Å². The SMILES string of the molecule is CC/C=C\C/C=C\C/C=C\C/C=C\CCCCCCCCCCCCCCCCCCCCC(=O)NC(COC1OC(CO)C(OC2OC(CO)C(O)C(O)C2O)C(O)C1O)C(O)CCCCCCCCC. The van der Waals surface area contributed by atoms with Gasteiger partial charge in [0.15, 0.2) is 12.6 Å². The molecular weight excluding hydrogens is 919 g/mol. The highest BCUT2D eigenvalue weighted by Gasteiger charge is 2.51. The second kappa shape index (κ2) is 44.1. The van der Waals surface area contributed by atoms with Crippen molar-refractivity contribution in [1.29, 1.82) is 0 Å². The fourth-order valence-corrected chi connectivity index (χ4v) is 9.40. The van der Waals surface area contributed by atoms with Crippen molar-refractivity contribution in [3.05, 3.63) is 48.6 Å². The Hall–Kier alpha value is -2.05. The van der Waals surface area contributed by atoms with Crippen LogP contribution in [0.25, 0.3) is 0 Å². The molecule has 12 unspecified atom stereocenters. The molecule has 14 nitrogen and oxygen atoms in total. The summed E-state index contributed by atoms with van der Waals surface area (Å²) >= 11 is 0. The highest BCUT2D eigenvalue weighted by atomic mass is 16.7. The third-order valence-corrected chi connectivity index (χ3v) is 14.1. The van der Waals surface area contributed by atoms with E-state index < -0.39 is 86.8 Å². The number of unbranched alkanes of at least 4 members (excludes halogenated alkanes) is 24. The second-order valence-electron chi connectivity index (χ2n) is 20.4. The number of hydrogen-bond donors (Lipinski definition) is 9. The molecule has 0 aromatic heterocycles. The first-order valence-corrected chi connectivity index (χ1v) is 28.9. The average molecular weight is 1020 g/mol. The second-order valence-corrected chi connectivity index (χ2v) is 20.4. The maximum absolute atomic E-state index is 13.2. The molecule has 0 aromatic carbocycles. The van der Waals surface area contributed by atoms with Crippen molar-refractivity contribution in [3.8, 4) is 0 Å². The predicted molar refractivity (Wildman–Crippen MR) is 286 cm³/mol. The monoisotopic (exact) mass is 1020 g/mol. The first-order chi connectivity index (χ1) is 35.1. The minimum absolute atomic E-state index is 0.210. The van der Waals surface area contributed by atoms with E-state index >= 15 is 0 Å². The molecule has 72 heavy (non-hydrogen) atoms. The summed E-state index contributed by atoms with van der Waals surface area (Å²) in [6, 6.07) is -0.825. The zero-order chi connectivity index (χ0) is 52.4. The molecule has 2 rings (SSSR count). The third kappa shape index (κ3) is 29.9. The van der Waals surface area contributed by atoms with Crippen molar-refractivity contribution in [3.63, 3.8) is 0 Å². The predicted octanol–water partition coefficient (Wildman–Crippen LogP) is 9.22. The molecule has 2 fully saturated rings. The van der Waals surface area contributed by atoms with E-state index in [0.29, 0.717) is 12.8 Å². The van der Waals surface area contributed by atoms with Crippen LogP contribution >= 0.6 is 0 Å². The summed E-state index contributed by atoms with van der Waals surface area (Å²) in [5.74, 6) is -0.210. The number of carbonyl (C=O) groups is 1. The summed E-state index contributed by atoms with van der Waals surface area (Å²) < 4.78 is 22.7. The van der Waals surface area contributed by atoms with Crippen molar-refractivity contribution in [2.45, 2.75) is 293 Å². The fraction of sp³-hybridized carbons (Fsp3) is 0.845. The molecule has 0 saturated carbocycles. The number of hydrogen-bond acceptors (Lipinski definition) is 13. The van der Waals surface area contributed by atoms with Gasteiger partial charge in [-0.15, -0.1) is 0 Å². The van der Waals surface area contributed by atoms with Crippen LogP contribution in [0.3, 0.4) is 0 Å². The van der Waals surface area contributed by atoms with Gasteiger partial charge in [0.2, 0.25) is 5.91 Å². The molecule has 0 aliphatic carbocycles. The zero-order valence-corrected chi connectivity index (χ0v) is 44.9. The molecule has 2 saturated heterocycles. The largest absolute Gasteiger partial charge is 0.394 e. The first-order valence-electron chi connectivity index (χ1n) is 28.9. The Balaban J connectivity index is 1.59. The molecule has 2 aliphatic heterocycles. The normalized spacial score (nSPS) is 25.9. The topological polar surface area (TPSA) is 228 Å². The van der Waals surface area contributed by atoms with Crippen LogP contribution in [0.4, 0.5) is 0 Å². The van der Waals surface area contributed by atoms with Crippen LogP contribution in [0.5, 0.6) is 0 Å². The van der Waals surface area contributed by atoms with Crippen molar-refractivity contribution in [2.24, 2.45) is 0 Å². The Morgan fingerprint density at radius 3 is 1.47 bits per heavy atom. The lowest BCUT2D eigenvalue weighted by Crippen LogP contribution is -2.65. The van der Waals surface area contributed by atoms with Gasteiger partial charge in [-0.25, -0.2) is 0 Å². The van der Waals surface area contributed by atoms with Crippen LogP contribution in [0.15, 0.2) is 48.6 Å². The standard InChI is InChI=1S/C58H105NO13/c1-3-5-7-9-11-12-13-14-15-16-17-18-19-20-21-22-23-24-25-26-27-28-29-30-31-32-33-34-36-38-40-42-50(63)59-46(47(62)41-39-37-35-10-8-6-4-2)45-69-57-55(68)53(66)56(49(44-61)71-57)72-58-54(67)52(65)51(64)48(43-60)70-58/h5,7,11-12,14-15,17-18,46-49,51-58,60-62,64-68H,3-4,6,8-10,13,16,19-45H2,1-2H3,(H,59,63)/b7-5-,12-11-,15-14-,18-17-. The van der Waals surface area contributed by atoms with Gasteiger partial charge in [-0.1, -0.05) is 210 Å². The molecule has 0 aromatic rings. The van der Waals surface area contributed by atoms with E-state index in [-0.39, 0.29) is 12.5 Å². The smallest absolute Gasteiger partial charge is 0.220 e. The summed E-state index contributed by atoms with van der Waals surface area (Å²) in [5, 5.41) is 86.7. The Morgan fingerprint density at radius 2 is 0.958 bits per heavy atom. The highest BCUT2D eigenvalue weighted by Crippen LogP contribution is 2.30. The van der Waals surface area contributed by atoms with Gasteiger partial charge >= 0.3 is 0 Å². The number of aliphatic hydroxyl groups is 8. The molecule has 14 heteroatoms. The lowest BCUT2D eigenvalue weighted by atomic mass is 9.97. The van der Waals surface area contributed by atoms with E-state index in [1.165, 1.54) is 116 Å². The summed E-state index contributed by atoms with van der Waals surface area (Å²) in [6.45, 7) is 2.69. The third-order valence-electron chi connectivity index (χ3n) is 14.1. The molecule has 0 radical (unpaired) electrons. The summed E-state index contributed by atoms with van der Waals surface area (Å²) in [4.78, 5) is 13.2. The number of ether oxygens (including phenoxy) is 4. The van der Waals surface area contributed by atoms with Crippen molar-refractivity contribution >= 4 is 5.91 Å². The zero-order valence-electron chi connectivity index (χ0n) is 44.9. The minimum atomic E-state index is -1.78. The lowest BCUT2D eigenvalue weighted by Gasteiger charge is -2.46.